The van der Waals surface area contributed by atoms with E-state index in [0.29, 0.717) is 12.1 Å². The Morgan fingerprint density at radius 3 is 3.00 bits per heavy atom. The van der Waals surface area contributed by atoms with E-state index in [1.54, 1.807) is 0 Å². The fraction of sp³-hybridized carbons (Fsp3) is 0.714. The second-order valence-electron chi connectivity index (χ2n) is 2.94. The van der Waals surface area contributed by atoms with Crippen molar-refractivity contribution in [2.24, 2.45) is 0 Å². The van der Waals surface area contributed by atoms with Crippen LogP contribution in [0.1, 0.15) is 6.42 Å². The van der Waals surface area contributed by atoms with Crippen LogP contribution < -0.4 is 10.6 Å². The van der Waals surface area contributed by atoms with E-state index < -0.39 is 0 Å². The number of rotatable bonds is 0. The van der Waals surface area contributed by atoms with Gasteiger partial charge in [0.05, 0.1) is 0 Å². The zero-order chi connectivity index (χ0) is 6.27. The molecule has 0 aromatic heterocycles. The largest absolute Gasteiger partial charge is 0.313 e. The zero-order valence-electron chi connectivity index (χ0n) is 5.48. The third-order valence-electron chi connectivity index (χ3n) is 2.18. The summed E-state index contributed by atoms with van der Waals surface area (Å²) in [5.74, 6) is 0. The van der Waals surface area contributed by atoms with Crippen LogP contribution in [0.25, 0.3) is 0 Å². The van der Waals surface area contributed by atoms with Gasteiger partial charge < -0.3 is 10.6 Å². The molecule has 0 saturated carbocycles. The highest BCUT2D eigenvalue weighted by molar-refractivity contribution is 5.17. The van der Waals surface area contributed by atoms with Crippen molar-refractivity contribution in [3.05, 3.63) is 12.2 Å². The highest BCUT2D eigenvalue weighted by Gasteiger charge is 2.29. The van der Waals surface area contributed by atoms with Crippen molar-refractivity contribution in [2.75, 3.05) is 13.1 Å². The maximum atomic E-state index is 3.99. The summed E-state index contributed by atoms with van der Waals surface area (Å²) in [6.07, 6.45) is 1.18. The molecule has 2 N–H and O–H groups in total. The molecule has 0 aliphatic carbocycles. The van der Waals surface area contributed by atoms with Gasteiger partial charge in [-0.05, 0) is 6.42 Å². The van der Waals surface area contributed by atoms with Gasteiger partial charge in [0.25, 0.3) is 0 Å². The van der Waals surface area contributed by atoms with E-state index >= 15 is 0 Å². The maximum Gasteiger partial charge on any atom is 0.0406 e. The Hall–Kier alpha value is -0.340. The Morgan fingerprint density at radius 2 is 2.33 bits per heavy atom. The van der Waals surface area contributed by atoms with Gasteiger partial charge in [-0.15, -0.1) is 0 Å². The quantitative estimate of drug-likeness (QED) is 0.440. The van der Waals surface area contributed by atoms with Gasteiger partial charge in [-0.25, -0.2) is 0 Å². The molecule has 2 nitrogen and oxygen atoms in total. The summed E-state index contributed by atoms with van der Waals surface area (Å²) in [6, 6.07) is 1.25. The maximum absolute atomic E-state index is 3.99. The molecule has 2 atom stereocenters. The summed E-state index contributed by atoms with van der Waals surface area (Å²) in [5.41, 5.74) is 1.38. The van der Waals surface area contributed by atoms with E-state index in [2.05, 4.69) is 17.2 Å². The van der Waals surface area contributed by atoms with Crippen molar-refractivity contribution < 1.29 is 0 Å². The summed E-state index contributed by atoms with van der Waals surface area (Å²) < 4.78 is 0. The molecule has 0 aromatic carbocycles. The molecule has 0 spiro atoms. The Bertz CT molecular complexity index is 142. The van der Waals surface area contributed by atoms with Crippen molar-refractivity contribution in [3.63, 3.8) is 0 Å². The first-order valence-corrected chi connectivity index (χ1v) is 3.50. The average molecular weight is 124 g/mol. The topological polar surface area (TPSA) is 24.1 Å². The van der Waals surface area contributed by atoms with Crippen LogP contribution in [0.3, 0.4) is 0 Å². The molecule has 0 amide bonds. The predicted octanol–water partition coefficient (Wildman–Crippen LogP) is -0.124. The highest BCUT2D eigenvalue weighted by atomic mass is 15.1. The lowest BCUT2D eigenvalue weighted by atomic mass is 10.1. The van der Waals surface area contributed by atoms with E-state index in [4.69, 9.17) is 0 Å². The molecular formula is C7H12N2. The molecule has 2 unspecified atom stereocenters. The standard InChI is InChI=1S/C7H12N2/c1-5-2-6-3-8-4-7(5)9-6/h6-9H,1-4H2. The molecule has 2 fully saturated rings. The van der Waals surface area contributed by atoms with Gasteiger partial charge in [0.15, 0.2) is 0 Å². The molecule has 2 aliphatic rings. The number of nitrogens with one attached hydrogen (secondary N) is 2. The lowest BCUT2D eigenvalue weighted by Crippen LogP contribution is -2.48. The molecule has 50 valence electrons. The minimum absolute atomic E-state index is 0.573. The van der Waals surface area contributed by atoms with Crippen LogP contribution in [0, 0.1) is 0 Å². The van der Waals surface area contributed by atoms with E-state index in [0.717, 1.165) is 13.1 Å². The Balaban J connectivity index is 2.15. The minimum atomic E-state index is 0.573. The van der Waals surface area contributed by atoms with Gasteiger partial charge in [0, 0.05) is 25.2 Å². The van der Waals surface area contributed by atoms with Gasteiger partial charge in [-0.2, -0.15) is 0 Å². The van der Waals surface area contributed by atoms with Gasteiger partial charge in [-0.1, -0.05) is 12.2 Å². The lowest BCUT2D eigenvalue weighted by molar-refractivity contribution is 0.431. The summed E-state index contributed by atoms with van der Waals surface area (Å²) in [7, 11) is 0. The SMILES string of the molecule is C=C1CC2CNCC1N2. The fourth-order valence-electron chi connectivity index (χ4n) is 1.66. The average Bonchev–Trinajstić information content (AvgIpc) is 2.09. The van der Waals surface area contributed by atoms with E-state index in [1.807, 2.05) is 0 Å². The van der Waals surface area contributed by atoms with E-state index in [1.165, 1.54) is 12.0 Å². The molecule has 0 aromatic rings. The summed E-state index contributed by atoms with van der Waals surface area (Å²) in [5, 5.41) is 6.83. The minimum Gasteiger partial charge on any atom is -0.313 e. The number of piperazine rings is 1. The molecule has 2 rings (SSSR count). The normalized spacial score (nSPS) is 41.6. The summed E-state index contributed by atoms with van der Waals surface area (Å²) in [4.78, 5) is 0. The number of fused-ring (bicyclic) bond motifs is 2. The molecule has 9 heavy (non-hydrogen) atoms. The van der Waals surface area contributed by atoms with E-state index in [-0.39, 0.29) is 0 Å². The monoisotopic (exact) mass is 124 g/mol. The molecule has 2 heterocycles. The number of hydrogen-bond acceptors (Lipinski definition) is 2. The van der Waals surface area contributed by atoms with Crippen LogP contribution in [-0.2, 0) is 0 Å². The van der Waals surface area contributed by atoms with Crippen molar-refractivity contribution in [1.29, 1.82) is 0 Å². The highest BCUT2D eigenvalue weighted by Crippen LogP contribution is 2.19. The Morgan fingerprint density at radius 1 is 1.44 bits per heavy atom. The molecular weight excluding hydrogens is 112 g/mol. The van der Waals surface area contributed by atoms with Crippen molar-refractivity contribution in [2.45, 2.75) is 18.5 Å². The molecule has 0 radical (unpaired) electrons. The first-order valence-electron chi connectivity index (χ1n) is 3.50. The smallest absolute Gasteiger partial charge is 0.0406 e. The van der Waals surface area contributed by atoms with Crippen LogP contribution in [-0.4, -0.2) is 25.2 Å². The Kier molecular flexibility index (Phi) is 1.10. The molecule has 2 heteroatoms. The van der Waals surface area contributed by atoms with E-state index in [9.17, 15) is 0 Å². The van der Waals surface area contributed by atoms with Crippen LogP contribution in [0.5, 0.6) is 0 Å². The third-order valence-corrected chi connectivity index (χ3v) is 2.18. The first-order chi connectivity index (χ1) is 4.36. The van der Waals surface area contributed by atoms with Crippen molar-refractivity contribution in [1.82, 2.24) is 10.6 Å². The Labute approximate surface area is 55.3 Å². The van der Waals surface area contributed by atoms with Gasteiger partial charge in [-0.3, -0.25) is 0 Å². The van der Waals surface area contributed by atoms with Crippen LogP contribution in [0.15, 0.2) is 12.2 Å². The first kappa shape index (κ1) is 5.45. The van der Waals surface area contributed by atoms with Crippen molar-refractivity contribution in [3.8, 4) is 0 Å². The second kappa shape index (κ2) is 1.82. The van der Waals surface area contributed by atoms with Crippen LogP contribution in [0.4, 0.5) is 0 Å². The molecule has 2 saturated heterocycles. The van der Waals surface area contributed by atoms with Gasteiger partial charge in [0.2, 0.25) is 0 Å². The van der Waals surface area contributed by atoms with Crippen LogP contribution >= 0.6 is 0 Å². The van der Waals surface area contributed by atoms with Gasteiger partial charge >= 0.3 is 0 Å². The number of hydrogen-bond donors (Lipinski definition) is 2. The van der Waals surface area contributed by atoms with Crippen LogP contribution in [0.2, 0.25) is 0 Å². The second-order valence-corrected chi connectivity index (χ2v) is 2.94. The molecule has 2 bridgehead atoms. The zero-order valence-corrected chi connectivity index (χ0v) is 5.48. The predicted molar refractivity (Wildman–Crippen MR) is 37.3 cm³/mol. The summed E-state index contributed by atoms with van der Waals surface area (Å²) >= 11 is 0. The van der Waals surface area contributed by atoms with Crippen molar-refractivity contribution >= 4 is 0 Å². The third kappa shape index (κ3) is 0.787. The molecule has 2 aliphatic heterocycles. The fourth-order valence-corrected chi connectivity index (χ4v) is 1.66. The van der Waals surface area contributed by atoms with Gasteiger partial charge in [0.1, 0.15) is 0 Å². The summed E-state index contributed by atoms with van der Waals surface area (Å²) in [6.45, 7) is 6.19. The lowest BCUT2D eigenvalue weighted by Gasteiger charge is -2.21.